The van der Waals surface area contributed by atoms with E-state index in [0.717, 1.165) is 38.0 Å². The molecule has 1 amide bonds. The van der Waals surface area contributed by atoms with E-state index in [-0.39, 0.29) is 5.57 Å². The van der Waals surface area contributed by atoms with E-state index >= 15 is 0 Å². The zero-order valence-corrected chi connectivity index (χ0v) is 21.4. The largest absolute Gasteiger partial charge is 0.488 e. The highest BCUT2D eigenvalue weighted by molar-refractivity contribution is 9.10. The Hall–Kier alpha value is -2.78. The van der Waals surface area contributed by atoms with E-state index in [1.807, 2.05) is 57.2 Å². The number of hydrogen-bond acceptors (Lipinski definition) is 3. The number of halogens is 3. The first-order valence-corrected chi connectivity index (χ1v) is 11.6. The molecule has 0 spiro atoms. The van der Waals surface area contributed by atoms with Crippen LogP contribution >= 0.6 is 39.1 Å². The molecule has 168 valence electrons. The van der Waals surface area contributed by atoms with Gasteiger partial charge in [-0.25, -0.2) is 0 Å². The number of anilines is 1. The van der Waals surface area contributed by atoms with Crippen LogP contribution in [0.25, 0.3) is 6.08 Å². The summed E-state index contributed by atoms with van der Waals surface area (Å²) in [4.78, 5) is 12.7. The third-order valence-corrected chi connectivity index (χ3v) is 6.19. The summed E-state index contributed by atoms with van der Waals surface area (Å²) in [6.45, 7) is 6.07. The minimum Gasteiger partial charge on any atom is -0.488 e. The minimum absolute atomic E-state index is 0.0144. The molecular weight excluding hydrogens is 523 g/mol. The van der Waals surface area contributed by atoms with Crippen LogP contribution in [0.5, 0.6) is 5.75 Å². The molecular formula is C26H21BrCl2N2O2. The van der Waals surface area contributed by atoms with Crippen LogP contribution in [0.3, 0.4) is 0 Å². The van der Waals surface area contributed by atoms with Crippen LogP contribution in [0.15, 0.2) is 58.6 Å². The SMILES string of the molecule is Cc1cc(Br)ccc1NC(=O)/C(C#N)=C/c1cc(C)c(OCc2ccc(Cl)c(Cl)c2)c(C)c1. The van der Waals surface area contributed by atoms with Crippen molar-refractivity contribution in [2.45, 2.75) is 27.4 Å². The van der Waals surface area contributed by atoms with Gasteiger partial charge in [0.15, 0.2) is 0 Å². The fraction of sp³-hybridized carbons (Fsp3) is 0.154. The van der Waals surface area contributed by atoms with E-state index < -0.39 is 5.91 Å². The molecule has 0 aliphatic rings. The van der Waals surface area contributed by atoms with Gasteiger partial charge >= 0.3 is 0 Å². The zero-order valence-electron chi connectivity index (χ0n) is 18.3. The van der Waals surface area contributed by atoms with Crippen molar-refractivity contribution in [3.05, 3.63) is 96.4 Å². The summed E-state index contributed by atoms with van der Waals surface area (Å²) in [5.74, 6) is 0.282. The third-order valence-electron chi connectivity index (χ3n) is 4.96. The normalized spacial score (nSPS) is 11.1. The van der Waals surface area contributed by atoms with Crippen LogP contribution in [0.4, 0.5) is 5.69 Å². The monoisotopic (exact) mass is 542 g/mol. The Kier molecular flexibility index (Phi) is 8.20. The van der Waals surface area contributed by atoms with Gasteiger partial charge in [-0.3, -0.25) is 4.79 Å². The van der Waals surface area contributed by atoms with E-state index in [0.29, 0.717) is 22.3 Å². The summed E-state index contributed by atoms with van der Waals surface area (Å²) in [6, 6.07) is 16.7. The highest BCUT2D eigenvalue weighted by atomic mass is 79.9. The lowest BCUT2D eigenvalue weighted by Gasteiger charge is -2.14. The van der Waals surface area contributed by atoms with Gasteiger partial charge in [-0.15, -0.1) is 0 Å². The van der Waals surface area contributed by atoms with E-state index in [4.69, 9.17) is 27.9 Å². The number of amides is 1. The topological polar surface area (TPSA) is 62.1 Å². The van der Waals surface area contributed by atoms with E-state index in [2.05, 4.69) is 21.2 Å². The van der Waals surface area contributed by atoms with Crippen LogP contribution in [0.1, 0.15) is 27.8 Å². The molecule has 3 rings (SSSR count). The molecule has 0 radical (unpaired) electrons. The molecule has 0 unspecified atom stereocenters. The van der Waals surface area contributed by atoms with Crippen LogP contribution in [0.2, 0.25) is 10.0 Å². The van der Waals surface area contributed by atoms with Crippen molar-refractivity contribution in [3.8, 4) is 11.8 Å². The number of carbonyl (C=O) groups is 1. The van der Waals surface area contributed by atoms with Gasteiger partial charge in [0, 0.05) is 10.2 Å². The van der Waals surface area contributed by atoms with Gasteiger partial charge in [-0.05, 0) is 97.1 Å². The van der Waals surface area contributed by atoms with E-state index in [1.165, 1.54) is 0 Å². The van der Waals surface area contributed by atoms with E-state index in [9.17, 15) is 10.1 Å². The maximum atomic E-state index is 12.7. The first-order chi connectivity index (χ1) is 15.7. The summed E-state index contributed by atoms with van der Waals surface area (Å²) in [7, 11) is 0. The fourth-order valence-electron chi connectivity index (χ4n) is 3.35. The van der Waals surface area contributed by atoms with E-state index in [1.54, 1.807) is 24.3 Å². The Morgan fingerprint density at radius 3 is 2.33 bits per heavy atom. The molecule has 33 heavy (non-hydrogen) atoms. The third kappa shape index (κ3) is 6.39. The quantitative estimate of drug-likeness (QED) is 0.255. The maximum Gasteiger partial charge on any atom is 0.266 e. The molecule has 3 aromatic carbocycles. The van der Waals surface area contributed by atoms with Gasteiger partial charge in [0.05, 0.1) is 10.0 Å². The lowest BCUT2D eigenvalue weighted by molar-refractivity contribution is -0.112. The molecule has 0 atom stereocenters. The molecule has 0 saturated carbocycles. The molecule has 7 heteroatoms. The van der Waals surface area contributed by atoms with Gasteiger partial charge in [0.1, 0.15) is 24.0 Å². The molecule has 0 aromatic heterocycles. The van der Waals surface area contributed by atoms with Gasteiger partial charge in [-0.1, -0.05) is 45.2 Å². The van der Waals surface area contributed by atoms with Crippen molar-refractivity contribution in [2.24, 2.45) is 0 Å². The summed E-state index contributed by atoms with van der Waals surface area (Å²) in [5.41, 5.74) is 4.99. The molecule has 0 bridgehead atoms. The number of hydrogen-bond donors (Lipinski definition) is 1. The van der Waals surface area contributed by atoms with Gasteiger partial charge in [0.25, 0.3) is 5.91 Å². The Bertz CT molecular complexity index is 1270. The minimum atomic E-state index is -0.460. The molecule has 0 heterocycles. The summed E-state index contributed by atoms with van der Waals surface area (Å²) in [5, 5.41) is 13.3. The molecule has 4 nitrogen and oxygen atoms in total. The molecule has 0 fully saturated rings. The standard InChI is InChI=1S/C26H21BrCl2N2O2/c1-15-10-21(27)5-7-24(15)31-26(32)20(13-30)11-19-8-16(2)25(17(3)9-19)33-14-18-4-6-22(28)23(29)12-18/h4-12H,14H2,1-3H3,(H,31,32)/b20-11+. The highest BCUT2D eigenvalue weighted by Crippen LogP contribution is 2.28. The predicted molar refractivity (Wildman–Crippen MR) is 138 cm³/mol. The molecule has 0 saturated heterocycles. The lowest BCUT2D eigenvalue weighted by atomic mass is 10.0. The van der Waals surface area contributed by atoms with Crippen LogP contribution in [-0.2, 0) is 11.4 Å². The Morgan fingerprint density at radius 2 is 1.73 bits per heavy atom. The highest BCUT2D eigenvalue weighted by Gasteiger charge is 2.13. The predicted octanol–water partition coefficient (Wildman–Crippen LogP) is 7.81. The van der Waals surface area contributed by atoms with Crippen molar-refractivity contribution < 1.29 is 9.53 Å². The van der Waals surface area contributed by atoms with Crippen LogP contribution < -0.4 is 10.1 Å². The molecule has 3 aromatic rings. The number of ether oxygens (including phenoxy) is 1. The first-order valence-electron chi connectivity index (χ1n) is 10.0. The van der Waals surface area contributed by atoms with Gasteiger partial charge < -0.3 is 10.1 Å². The number of rotatable bonds is 6. The second-order valence-electron chi connectivity index (χ2n) is 7.60. The summed E-state index contributed by atoms with van der Waals surface area (Å²) < 4.78 is 6.93. The van der Waals surface area contributed by atoms with Crippen molar-refractivity contribution in [1.82, 2.24) is 0 Å². The second kappa shape index (κ2) is 10.9. The van der Waals surface area contributed by atoms with Gasteiger partial charge in [0.2, 0.25) is 0 Å². The maximum absolute atomic E-state index is 12.7. The molecule has 1 N–H and O–H groups in total. The number of nitrogens with zero attached hydrogens (tertiary/aromatic N) is 1. The number of nitriles is 1. The van der Waals surface area contributed by atoms with Crippen molar-refractivity contribution >= 4 is 56.8 Å². The fourth-order valence-corrected chi connectivity index (χ4v) is 4.15. The Morgan fingerprint density at radius 1 is 1.03 bits per heavy atom. The number of aryl methyl sites for hydroxylation is 3. The smallest absolute Gasteiger partial charge is 0.266 e. The Balaban J connectivity index is 1.78. The van der Waals surface area contributed by atoms with Crippen molar-refractivity contribution in [2.75, 3.05) is 5.32 Å². The second-order valence-corrected chi connectivity index (χ2v) is 9.33. The average molecular weight is 544 g/mol. The molecule has 0 aliphatic carbocycles. The van der Waals surface area contributed by atoms with Crippen LogP contribution in [-0.4, -0.2) is 5.91 Å². The number of nitrogens with one attached hydrogen (secondary N) is 1. The van der Waals surface area contributed by atoms with Crippen molar-refractivity contribution in [1.29, 1.82) is 5.26 Å². The molecule has 0 aliphatic heterocycles. The summed E-state index contributed by atoms with van der Waals surface area (Å²) >= 11 is 15.4. The number of carbonyl (C=O) groups excluding carboxylic acids is 1. The zero-order chi connectivity index (χ0) is 24.1. The Labute approximate surface area is 211 Å². The van der Waals surface area contributed by atoms with Crippen molar-refractivity contribution in [3.63, 3.8) is 0 Å². The average Bonchev–Trinajstić information content (AvgIpc) is 2.75. The number of benzene rings is 3. The first kappa shape index (κ1) is 24.9. The lowest BCUT2D eigenvalue weighted by Crippen LogP contribution is -2.14. The van der Waals surface area contributed by atoms with Crippen LogP contribution in [0, 0.1) is 32.1 Å². The summed E-state index contributed by atoms with van der Waals surface area (Å²) in [6.07, 6.45) is 1.58. The van der Waals surface area contributed by atoms with Gasteiger partial charge in [-0.2, -0.15) is 5.26 Å².